The van der Waals surface area contributed by atoms with Crippen LogP contribution in [-0.2, 0) is 0 Å². The van der Waals surface area contributed by atoms with Crippen molar-refractivity contribution in [2.75, 3.05) is 0 Å². The zero-order valence-electron chi connectivity index (χ0n) is 6.07. The Balaban J connectivity index is 2.94. The number of fused-ring (bicyclic) bond motifs is 1. The number of thiol groups is 1. The van der Waals surface area contributed by atoms with Gasteiger partial charge in [-0.2, -0.15) is 5.26 Å². The highest BCUT2D eigenvalue weighted by Crippen LogP contribution is 2.21. The molecule has 1 heterocycles. The molecule has 3 nitrogen and oxygen atoms in total. The monoisotopic (exact) mass is 175 g/mol. The maximum atomic E-state index is 8.72. The van der Waals surface area contributed by atoms with Crippen molar-refractivity contribution in [3.63, 3.8) is 0 Å². The second-order valence-electron chi connectivity index (χ2n) is 2.37. The molecular weight excluding hydrogens is 170 g/mol. The smallest absolute Gasteiger partial charge is 0.107 e. The van der Waals surface area contributed by atoms with Crippen LogP contribution < -0.4 is 0 Å². The minimum absolute atomic E-state index is 0.573. The predicted molar refractivity (Wildman–Crippen MR) is 48.1 cm³/mol. The fourth-order valence-electron chi connectivity index (χ4n) is 1.11. The summed E-state index contributed by atoms with van der Waals surface area (Å²) in [6, 6.07) is 5.56. The molecule has 0 radical (unpaired) electrons. The summed E-state index contributed by atoms with van der Waals surface area (Å²) < 4.78 is 0. The van der Waals surface area contributed by atoms with E-state index in [1.807, 2.05) is 0 Å². The molecule has 0 atom stereocenters. The number of hydrogen-bond acceptors (Lipinski definition) is 3. The van der Waals surface area contributed by atoms with Crippen LogP contribution in [0.5, 0.6) is 0 Å². The topological polar surface area (TPSA) is 52.5 Å². The van der Waals surface area contributed by atoms with E-state index in [2.05, 4.69) is 28.7 Å². The minimum Gasteiger partial charge on any atom is -0.344 e. The first-order valence-corrected chi connectivity index (χ1v) is 3.83. The molecule has 2 aromatic rings. The number of nitriles is 1. The second-order valence-corrected chi connectivity index (χ2v) is 2.85. The lowest BCUT2D eigenvalue weighted by Crippen LogP contribution is -1.79. The molecule has 0 bridgehead atoms. The maximum Gasteiger partial charge on any atom is 0.107 e. The van der Waals surface area contributed by atoms with Crippen LogP contribution in [-0.4, -0.2) is 9.97 Å². The molecule has 1 N–H and O–H groups in total. The first kappa shape index (κ1) is 7.19. The lowest BCUT2D eigenvalue weighted by Gasteiger charge is -1.94. The number of aromatic amines is 1. The fourth-order valence-corrected chi connectivity index (χ4v) is 1.35. The average molecular weight is 175 g/mol. The second kappa shape index (κ2) is 2.54. The van der Waals surface area contributed by atoms with Crippen molar-refractivity contribution >= 4 is 23.7 Å². The highest BCUT2D eigenvalue weighted by atomic mass is 32.1. The van der Waals surface area contributed by atoms with E-state index in [0.717, 1.165) is 10.4 Å². The molecule has 12 heavy (non-hydrogen) atoms. The number of benzene rings is 1. The van der Waals surface area contributed by atoms with E-state index in [1.54, 1.807) is 18.5 Å². The van der Waals surface area contributed by atoms with Gasteiger partial charge in [-0.3, -0.25) is 0 Å². The number of nitrogens with zero attached hydrogens (tertiary/aromatic N) is 2. The predicted octanol–water partition coefficient (Wildman–Crippen LogP) is 1.72. The molecule has 58 valence electrons. The average Bonchev–Trinajstić information content (AvgIpc) is 2.54. The van der Waals surface area contributed by atoms with Crippen LogP contribution in [0.3, 0.4) is 0 Å². The summed E-state index contributed by atoms with van der Waals surface area (Å²) in [6.07, 6.45) is 1.56. The Morgan fingerprint density at radius 3 is 3.08 bits per heavy atom. The molecule has 1 aromatic heterocycles. The van der Waals surface area contributed by atoms with E-state index in [1.165, 1.54) is 0 Å². The van der Waals surface area contributed by atoms with Crippen molar-refractivity contribution in [1.82, 2.24) is 9.97 Å². The summed E-state index contributed by atoms with van der Waals surface area (Å²) in [4.78, 5) is 7.75. The van der Waals surface area contributed by atoms with E-state index in [4.69, 9.17) is 5.26 Å². The van der Waals surface area contributed by atoms with Crippen LogP contribution in [0, 0.1) is 11.3 Å². The van der Waals surface area contributed by atoms with Gasteiger partial charge in [-0.15, -0.1) is 12.6 Å². The number of nitrogens with one attached hydrogen (secondary N) is 1. The number of H-pyrrole nitrogens is 1. The van der Waals surface area contributed by atoms with Crippen molar-refractivity contribution in [2.24, 2.45) is 0 Å². The van der Waals surface area contributed by atoms with Crippen LogP contribution in [0.2, 0.25) is 0 Å². The quantitative estimate of drug-likeness (QED) is 0.599. The molecule has 4 heteroatoms. The molecule has 0 unspecified atom stereocenters. The van der Waals surface area contributed by atoms with E-state index in [-0.39, 0.29) is 0 Å². The van der Waals surface area contributed by atoms with Gasteiger partial charge in [0.05, 0.1) is 17.4 Å². The lowest BCUT2D eigenvalue weighted by atomic mass is 10.2. The van der Waals surface area contributed by atoms with Crippen molar-refractivity contribution in [1.29, 1.82) is 5.26 Å². The Hall–Kier alpha value is -1.47. The molecule has 1 aromatic carbocycles. The Kier molecular flexibility index (Phi) is 1.52. The molecule has 0 aliphatic carbocycles. The molecule has 0 saturated heterocycles. The molecule has 0 fully saturated rings. The standard InChI is InChI=1S/C8H5N3S/c9-3-5-1-2-6(12)8-7(5)10-4-11-8/h1-2,4,12H,(H,10,11). The minimum atomic E-state index is 0.573. The van der Waals surface area contributed by atoms with E-state index in [9.17, 15) is 0 Å². The summed E-state index contributed by atoms with van der Waals surface area (Å²) in [6.45, 7) is 0. The van der Waals surface area contributed by atoms with Gasteiger partial charge in [-0.25, -0.2) is 4.98 Å². The number of hydrogen-bond donors (Lipinski definition) is 2. The Bertz CT molecular complexity index is 467. The van der Waals surface area contributed by atoms with Gasteiger partial charge >= 0.3 is 0 Å². The third kappa shape index (κ3) is 0.874. The van der Waals surface area contributed by atoms with Crippen LogP contribution >= 0.6 is 12.6 Å². The van der Waals surface area contributed by atoms with Gasteiger partial charge in [0.25, 0.3) is 0 Å². The zero-order valence-corrected chi connectivity index (χ0v) is 6.97. The highest BCUT2D eigenvalue weighted by molar-refractivity contribution is 7.80. The zero-order chi connectivity index (χ0) is 8.55. The Morgan fingerprint density at radius 1 is 1.50 bits per heavy atom. The van der Waals surface area contributed by atoms with Crippen LogP contribution in [0.25, 0.3) is 11.0 Å². The summed E-state index contributed by atoms with van der Waals surface area (Å²) in [7, 11) is 0. The largest absolute Gasteiger partial charge is 0.344 e. The lowest BCUT2D eigenvalue weighted by molar-refractivity contribution is 1.33. The van der Waals surface area contributed by atoms with Gasteiger partial charge in [0, 0.05) is 4.90 Å². The molecule has 0 aliphatic rings. The molecule has 0 spiro atoms. The Morgan fingerprint density at radius 2 is 2.33 bits per heavy atom. The third-order valence-electron chi connectivity index (χ3n) is 1.68. The maximum absolute atomic E-state index is 8.72. The van der Waals surface area contributed by atoms with Crippen molar-refractivity contribution < 1.29 is 0 Å². The van der Waals surface area contributed by atoms with E-state index >= 15 is 0 Å². The van der Waals surface area contributed by atoms with E-state index in [0.29, 0.717) is 11.1 Å². The SMILES string of the molecule is N#Cc1ccc(S)c2[nH]cnc12. The molecule has 0 amide bonds. The van der Waals surface area contributed by atoms with Gasteiger partial charge in [-0.05, 0) is 12.1 Å². The summed E-state index contributed by atoms with van der Waals surface area (Å²) in [5.41, 5.74) is 2.08. The first-order valence-electron chi connectivity index (χ1n) is 3.38. The number of rotatable bonds is 0. The summed E-state index contributed by atoms with van der Waals surface area (Å²) >= 11 is 4.22. The normalized spacial score (nSPS) is 10.0. The van der Waals surface area contributed by atoms with Gasteiger partial charge in [0.1, 0.15) is 11.6 Å². The number of imidazole rings is 1. The molecule has 2 rings (SSSR count). The van der Waals surface area contributed by atoms with Crippen LogP contribution in [0.4, 0.5) is 0 Å². The van der Waals surface area contributed by atoms with Gasteiger partial charge in [-0.1, -0.05) is 0 Å². The van der Waals surface area contributed by atoms with Crippen molar-refractivity contribution in [3.05, 3.63) is 24.0 Å². The molecule has 0 saturated carbocycles. The van der Waals surface area contributed by atoms with Gasteiger partial charge in [0.15, 0.2) is 0 Å². The fraction of sp³-hybridized carbons (Fsp3) is 0. The van der Waals surface area contributed by atoms with Crippen LogP contribution in [0.15, 0.2) is 23.4 Å². The molecule has 0 aliphatic heterocycles. The Labute approximate surface area is 74.5 Å². The van der Waals surface area contributed by atoms with Crippen LogP contribution in [0.1, 0.15) is 5.56 Å². The first-order chi connectivity index (χ1) is 5.83. The van der Waals surface area contributed by atoms with Gasteiger partial charge < -0.3 is 4.98 Å². The molecular formula is C8H5N3S. The third-order valence-corrected chi connectivity index (χ3v) is 2.05. The summed E-state index contributed by atoms with van der Waals surface area (Å²) in [5, 5.41) is 8.72. The van der Waals surface area contributed by atoms with Gasteiger partial charge in [0.2, 0.25) is 0 Å². The highest BCUT2D eigenvalue weighted by Gasteiger charge is 2.04. The van der Waals surface area contributed by atoms with E-state index < -0.39 is 0 Å². The summed E-state index contributed by atoms with van der Waals surface area (Å²) in [5.74, 6) is 0. The number of aromatic nitrogens is 2. The van der Waals surface area contributed by atoms with Crippen molar-refractivity contribution in [3.8, 4) is 6.07 Å². The van der Waals surface area contributed by atoms with Crippen molar-refractivity contribution in [2.45, 2.75) is 4.90 Å².